The van der Waals surface area contributed by atoms with Crippen molar-refractivity contribution in [2.45, 2.75) is 13.0 Å². The topological polar surface area (TPSA) is 62.2 Å². The van der Waals surface area contributed by atoms with Gasteiger partial charge in [-0.15, -0.1) is 0 Å². The van der Waals surface area contributed by atoms with Crippen LogP contribution in [0.1, 0.15) is 27.0 Å². The van der Waals surface area contributed by atoms with E-state index in [1.807, 2.05) is 0 Å². The average molecular weight is 428 g/mol. The van der Waals surface area contributed by atoms with Crippen molar-refractivity contribution in [2.75, 3.05) is 0 Å². The van der Waals surface area contributed by atoms with Gasteiger partial charge in [-0.3, -0.25) is 4.98 Å². The van der Waals surface area contributed by atoms with Gasteiger partial charge in [-0.1, -0.05) is 29.3 Å². The summed E-state index contributed by atoms with van der Waals surface area (Å²) >= 11 is 11.8. The number of hydrogen-bond donors (Lipinski definition) is 0. The molecule has 0 bridgehead atoms. The van der Waals surface area contributed by atoms with Crippen LogP contribution >= 0.6 is 23.2 Å². The Kier molecular flexibility index (Phi) is 8.28. The molecule has 4 nitrogen and oxygen atoms in total. The van der Waals surface area contributed by atoms with Gasteiger partial charge < -0.3 is 14.6 Å². The molecule has 1 aromatic heterocycles. The molecule has 0 aliphatic rings. The van der Waals surface area contributed by atoms with Gasteiger partial charge in [-0.2, -0.15) is 0 Å². The number of benzene rings is 2. The normalized spacial score (nSPS) is 10.2. The van der Waals surface area contributed by atoms with Crippen molar-refractivity contribution in [3.8, 4) is 5.75 Å². The molecule has 8 heteroatoms. The van der Waals surface area contributed by atoms with E-state index in [0.717, 1.165) is 0 Å². The quantitative estimate of drug-likeness (QED) is 0.552. The number of carboxylic acids is 1. The molecular weight excluding hydrogens is 415 g/mol. The Balaban J connectivity index is 0.00000280. The van der Waals surface area contributed by atoms with Crippen molar-refractivity contribution >= 4 is 29.2 Å². The number of carbonyl (C=O) groups is 1. The Hall–Kier alpha value is -1.63. The van der Waals surface area contributed by atoms with Crippen LogP contribution in [0.15, 0.2) is 54.9 Å². The van der Waals surface area contributed by atoms with E-state index in [0.29, 0.717) is 38.9 Å². The number of nitrogens with zero attached hydrogens (tertiary/aromatic N) is 1. The Morgan fingerprint density at radius 1 is 1.04 bits per heavy atom. The Labute approximate surface area is 193 Å². The SMILES string of the molecule is O=C([O-])c1cncc(Cc2cc(Cl)ccc2OCc2ccc(Cl)cc2F)c1.[Na+]. The number of carbonyl (C=O) groups excluding carboxylic acids is 1. The predicted octanol–water partition coefficient (Wildman–Crippen LogP) is 1.06. The maximum atomic E-state index is 13.9. The van der Waals surface area contributed by atoms with Gasteiger partial charge in [0.2, 0.25) is 0 Å². The molecule has 138 valence electrons. The first kappa shape index (κ1) is 22.7. The van der Waals surface area contributed by atoms with Gasteiger partial charge in [-0.05, 0) is 42.0 Å². The first-order valence-corrected chi connectivity index (χ1v) is 8.68. The number of aromatic carboxylic acids is 1. The van der Waals surface area contributed by atoms with Crippen LogP contribution in [0, 0.1) is 5.82 Å². The van der Waals surface area contributed by atoms with E-state index in [1.54, 1.807) is 36.5 Å². The molecule has 2 aromatic carbocycles. The van der Waals surface area contributed by atoms with Crippen molar-refractivity contribution in [1.82, 2.24) is 4.98 Å². The largest absolute Gasteiger partial charge is 1.00 e. The van der Waals surface area contributed by atoms with Gasteiger partial charge in [0.15, 0.2) is 0 Å². The van der Waals surface area contributed by atoms with Crippen LogP contribution in [0.5, 0.6) is 5.75 Å². The monoisotopic (exact) mass is 427 g/mol. The maximum absolute atomic E-state index is 13.9. The van der Waals surface area contributed by atoms with Gasteiger partial charge >= 0.3 is 29.6 Å². The second-order valence-corrected chi connectivity index (χ2v) is 6.70. The van der Waals surface area contributed by atoms with Gasteiger partial charge in [0.1, 0.15) is 18.2 Å². The van der Waals surface area contributed by atoms with E-state index < -0.39 is 11.8 Å². The summed E-state index contributed by atoms with van der Waals surface area (Å²) in [5.41, 5.74) is 1.72. The molecule has 0 amide bonds. The third kappa shape index (κ3) is 5.93. The molecule has 0 atom stereocenters. The summed E-state index contributed by atoms with van der Waals surface area (Å²) in [4.78, 5) is 14.9. The number of carboxylic acid groups (broad SMARTS) is 1. The number of ether oxygens (including phenoxy) is 1. The minimum absolute atomic E-state index is 0. The minimum Gasteiger partial charge on any atom is -0.545 e. The molecule has 0 saturated heterocycles. The molecule has 0 fully saturated rings. The van der Waals surface area contributed by atoms with Crippen LogP contribution in [0.3, 0.4) is 0 Å². The van der Waals surface area contributed by atoms with E-state index in [-0.39, 0.29) is 41.7 Å². The summed E-state index contributed by atoms with van der Waals surface area (Å²) in [7, 11) is 0. The van der Waals surface area contributed by atoms with Gasteiger partial charge in [0.05, 0.1) is 5.97 Å². The molecule has 0 unspecified atom stereocenters. The Morgan fingerprint density at radius 3 is 2.46 bits per heavy atom. The second-order valence-electron chi connectivity index (χ2n) is 5.82. The van der Waals surface area contributed by atoms with E-state index in [1.165, 1.54) is 18.3 Å². The van der Waals surface area contributed by atoms with Crippen LogP contribution in [-0.2, 0) is 13.0 Å². The molecule has 0 radical (unpaired) electrons. The predicted molar refractivity (Wildman–Crippen MR) is 98.6 cm³/mol. The van der Waals surface area contributed by atoms with E-state index in [4.69, 9.17) is 27.9 Å². The van der Waals surface area contributed by atoms with Crippen LogP contribution in [0.25, 0.3) is 0 Å². The van der Waals surface area contributed by atoms with Gasteiger partial charge in [-0.25, -0.2) is 4.39 Å². The fourth-order valence-electron chi connectivity index (χ4n) is 2.54. The van der Waals surface area contributed by atoms with E-state index in [9.17, 15) is 14.3 Å². The van der Waals surface area contributed by atoms with Crippen LogP contribution in [0.2, 0.25) is 10.0 Å². The number of rotatable bonds is 6. The number of pyridine rings is 1. The standard InChI is InChI=1S/C20H14Cl2FNO3.Na/c21-16-3-4-19(27-11-13-1-2-17(22)8-18(13)23)14(7-16)5-12-6-15(20(25)26)10-24-9-12;/h1-4,6-10H,5,11H2,(H,25,26);/q;+1/p-1. The molecule has 1 heterocycles. The molecule has 3 aromatic rings. The van der Waals surface area contributed by atoms with Crippen molar-refractivity contribution in [3.05, 3.63) is 93.0 Å². The zero-order valence-electron chi connectivity index (χ0n) is 14.9. The number of aromatic nitrogens is 1. The van der Waals surface area contributed by atoms with Crippen LogP contribution < -0.4 is 39.4 Å². The molecular formula is C20H13Cl2FNNaO3. The smallest absolute Gasteiger partial charge is 0.545 e. The number of halogens is 3. The van der Waals surface area contributed by atoms with Crippen molar-refractivity contribution in [2.24, 2.45) is 0 Å². The summed E-state index contributed by atoms with van der Waals surface area (Å²) < 4.78 is 19.7. The van der Waals surface area contributed by atoms with Gasteiger partial charge in [0, 0.05) is 45.6 Å². The second kappa shape index (κ2) is 10.2. The molecule has 3 rings (SSSR count). The van der Waals surface area contributed by atoms with Crippen molar-refractivity contribution < 1.29 is 48.6 Å². The summed E-state index contributed by atoms with van der Waals surface area (Å²) in [6.07, 6.45) is 3.11. The van der Waals surface area contributed by atoms with E-state index >= 15 is 0 Å². The Morgan fingerprint density at radius 2 is 1.75 bits per heavy atom. The fourth-order valence-corrected chi connectivity index (χ4v) is 2.89. The summed E-state index contributed by atoms with van der Waals surface area (Å²) in [6, 6.07) is 10.9. The van der Waals surface area contributed by atoms with Crippen LogP contribution in [0.4, 0.5) is 4.39 Å². The minimum atomic E-state index is -1.30. The summed E-state index contributed by atoms with van der Waals surface area (Å²) in [5, 5.41) is 11.8. The maximum Gasteiger partial charge on any atom is 1.00 e. The third-order valence-corrected chi connectivity index (χ3v) is 4.32. The van der Waals surface area contributed by atoms with Crippen LogP contribution in [-0.4, -0.2) is 11.0 Å². The summed E-state index contributed by atoms with van der Waals surface area (Å²) in [5.74, 6) is -1.25. The van der Waals surface area contributed by atoms with E-state index in [2.05, 4.69) is 4.98 Å². The zero-order valence-corrected chi connectivity index (χ0v) is 18.4. The Bertz CT molecular complexity index is 1000. The zero-order chi connectivity index (χ0) is 19.4. The molecule has 0 aliphatic carbocycles. The van der Waals surface area contributed by atoms with Crippen molar-refractivity contribution in [1.29, 1.82) is 0 Å². The first-order chi connectivity index (χ1) is 12.9. The molecule has 0 aliphatic heterocycles. The molecule has 0 saturated carbocycles. The fraction of sp³-hybridized carbons (Fsp3) is 0.100. The molecule has 0 N–H and O–H groups in total. The van der Waals surface area contributed by atoms with Crippen molar-refractivity contribution in [3.63, 3.8) is 0 Å². The number of hydrogen-bond acceptors (Lipinski definition) is 4. The first-order valence-electron chi connectivity index (χ1n) is 7.93. The van der Waals surface area contributed by atoms with Gasteiger partial charge in [0.25, 0.3) is 0 Å². The summed E-state index contributed by atoms with van der Waals surface area (Å²) in [6.45, 7) is 0.00890. The molecule has 28 heavy (non-hydrogen) atoms. The molecule has 0 spiro atoms. The third-order valence-electron chi connectivity index (χ3n) is 3.85. The average Bonchev–Trinajstić information content (AvgIpc) is 2.62.